The average molecular weight is 537 g/mol. The zero-order valence-electron chi connectivity index (χ0n) is 20.7. The van der Waals surface area contributed by atoms with Crippen LogP contribution in [0.25, 0.3) is 17.0 Å². The second kappa shape index (κ2) is 9.39. The SMILES string of the molecule is Cc1ccc2c(c1)C=C(CP(=O)(c1ccccc1)c1ccccc1)N(c1cccc3cccnc13)S2(=O)=O. The molecule has 0 saturated heterocycles. The second-order valence-electron chi connectivity index (χ2n) is 9.37. The summed E-state index contributed by atoms with van der Waals surface area (Å²) in [5, 5.41) is 2.18. The first-order chi connectivity index (χ1) is 18.4. The van der Waals surface area contributed by atoms with Crippen molar-refractivity contribution in [3.8, 4) is 0 Å². The van der Waals surface area contributed by atoms with Crippen LogP contribution in [0.5, 0.6) is 0 Å². The van der Waals surface area contributed by atoms with E-state index in [1.54, 1.807) is 24.4 Å². The van der Waals surface area contributed by atoms with Crippen molar-refractivity contribution in [3.05, 3.63) is 132 Å². The monoisotopic (exact) mass is 536 g/mol. The Labute approximate surface area is 222 Å². The Balaban J connectivity index is 1.63. The Kier molecular flexibility index (Phi) is 6.02. The van der Waals surface area contributed by atoms with Crippen LogP contribution in [0.1, 0.15) is 11.1 Å². The lowest BCUT2D eigenvalue weighted by Gasteiger charge is -2.33. The van der Waals surface area contributed by atoms with Gasteiger partial charge in [-0.2, -0.15) is 0 Å². The van der Waals surface area contributed by atoms with E-state index in [2.05, 4.69) is 4.98 Å². The number of benzene rings is 4. The van der Waals surface area contributed by atoms with Crippen LogP contribution in [0.2, 0.25) is 0 Å². The fraction of sp³-hybridized carbons (Fsp3) is 0.0645. The van der Waals surface area contributed by atoms with Gasteiger partial charge in [0.15, 0.2) is 0 Å². The van der Waals surface area contributed by atoms with Crippen molar-refractivity contribution in [2.75, 3.05) is 10.5 Å². The molecule has 0 radical (unpaired) electrons. The molecule has 4 aromatic carbocycles. The van der Waals surface area contributed by atoms with Crippen molar-refractivity contribution in [2.24, 2.45) is 0 Å². The van der Waals surface area contributed by atoms with E-state index in [0.29, 0.717) is 33.1 Å². The quantitative estimate of drug-likeness (QED) is 0.254. The lowest BCUT2D eigenvalue weighted by atomic mass is 10.1. The minimum atomic E-state index is -4.03. The van der Waals surface area contributed by atoms with Gasteiger partial charge in [0.1, 0.15) is 7.14 Å². The van der Waals surface area contributed by atoms with Gasteiger partial charge in [-0.25, -0.2) is 12.7 Å². The predicted octanol–water partition coefficient (Wildman–Crippen LogP) is 6.11. The summed E-state index contributed by atoms with van der Waals surface area (Å²) in [6.45, 7) is 1.93. The van der Waals surface area contributed by atoms with E-state index < -0.39 is 17.2 Å². The first kappa shape index (κ1) is 24.4. The number of hydrogen-bond donors (Lipinski definition) is 0. The lowest BCUT2D eigenvalue weighted by Crippen LogP contribution is -2.36. The predicted molar refractivity (Wildman–Crippen MR) is 155 cm³/mol. The third-order valence-electron chi connectivity index (χ3n) is 6.83. The molecule has 1 aromatic heterocycles. The first-order valence-electron chi connectivity index (χ1n) is 12.3. The van der Waals surface area contributed by atoms with Gasteiger partial charge in [0.05, 0.1) is 22.3 Å². The summed E-state index contributed by atoms with van der Waals surface area (Å²) >= 11 is 0. The topological polar surface area (TPSA) is 67.3 Å². The van der Waals surface area contributed by atoms with Crippen molar-refractivity contribution in [2.45, 2.75) is 11.8 Å². The summed E-state index contributed by atoms with van der Waals surface area (Å²) in [5.74, 6) is 0. The Morgan fingerprint density at radius 2 is 1.45 bits per heavy atom. The molecule has 0 unspecified atom stereocenters. The Hall–Kier alpha value is -3.99. The van der Waals surface area contributed by atoms with Gasteiger partial charge in [-0.1, -0.05) is 96.6 Å². The molecular formula is C31H25N2O3PS. The number of aryl methyl sites for hydroxylation is 1. The van der Waals surface area contributed by atoms with E-state index in [9.17, 15) is 8.42 Å². The molecule has 0 N–H and O–H groups in total. The van der Waals surface area contributed by atoms with Crippen LogP contribution in [-0.2, 0) is 14.6 Å². The van der Waals surface area contributed by atoms with E-state index in [-0.39, 0.29) is 11.1 Å². The summed E-state index contributed by atoms with van der Waals surface area (Å²) in [5.41, 5.74) is 2.99. The molecule has 5 nitrogen and oxygen atoms in total. The number of anilines is 1. The number of pyridine rings is 1. The molecule has 0 spiro atoms. The van der Waals surface area contributed by atoms with Crippen molar-refractivity contribution < 1.29 is 13.0 Å². The van der Waals surface area contributed by atoms with Gasteiger partial charge in [0.25, 0.3) is 10.0 Å². The molecule has 2 heterocycles. The number of allylic oxidation sites excluding steroid dienone is 1. The maximum Gasteiger partial charge on any atom is 0.269 e. The number of sulfonamides is 1. The van der Waals surface area contributed by atoms with Gasteiger partial charge in [-0.05, 0) is 36.8 Å². The molecule has 0 fully saturated rings. The van der Waals surface area contributed by atoms with Gasteiger partial charge < -0.3 is 4.57 Å². The summed E-state index contributed by atoms with van der Waals surface area (Å²) in [4.78, 5) is 4.75. The molecule has 1 aliphatic rings. The first-order valence-corrected chi connectivity index (χ1v) is 15.6. The number of aromatic nitrogens is 1. The smallest absolute Gasteiger partial charge is 0.269 e. The van der Waals surface area contributed by atoms with Crippen LogP contribution in [0.3, 0.4) is 0 Å². The molecule has 1 aliphatic heterocycles. The fourth-order valence-corrected chi connectivity index (χ4v) is 9.49. The third-order valence-corrected chi connectivity index (χ3v) is 11.7. The Bertz CT molecular complexity index is 1800. The minimum Gasteiger partial charge on any atom is -0.313 e. The zero-order chi connectivity index (χ0) is 26.3. The number of hydrogen-bond acceptors (Lipinski definition) is 4. The number of fused-ring (bicyclic) bond motifs is 2. The van der Waals surface area contributed by atoms with Crippen molar-refractivity contribution in [1.82, 2.24) is 4.98 Å². The molecular weight excluding hydrogens is 511 g/mol. The van der Waals surface area contributed by atoms with E-state index in [1.807, 2.05) is 104 Å². The number of nitrogens with zero attached hydrogens (tertiary/aromatic N) is 2. The molecule has 6 rings (SSSR count). The van der Waals surface area contributed by atoms with Crippen LogP contribution >= 0.6 is 7.14 Å². The average Bonchev–Trinajstić information content (AvgIpc) is 2.93. The standard InChI is InChI=1S/C31H25N2O3PS/c1-23-17-18-30-25(20-23)21-26(22-37(34,27-12-4-2-5-13-27)28-14-6-3-7-15-28)33(38(30,35)36)29-16-8-10-24-11-9-19-32-31(24)29/h2-21H,22H2,1H3. The van der Waals surface area contributed by atoms with Crippen molar-refractivity contribution in [3.63, 3.8) is 0 Å². The molecule has 0 aliphatic carbocycles. The van der Waals surface area contributed by atoms with Crippen molar-refractivity contribution in [1.29, 1.82) is 0 Å². The Morgan fingerprint density at radius 1 is 0.789 bits per heavy atom. The fourth-order valence-electron chi connectivity index (χ4n) is 5.05. The van der Waals surface area contributed by atoms with Gasteiger partial charge in [0, 0.05) is 27.9 Å². The molecule has 188 valence electrons. The van der Waals surface area contributed by atoms with E-state index >= 15 is 4.57 Å². The zero-order valence-corrected chi connectivity index (χ0v) is 22.4. The van der Waals surface area contributed by atoms with Gasteiger partial charge in [-0.3, -0.25) is 4.98 Å². The highest BCUT2D eigenvalue weighted by Crippen LogP contribution is 2.49. The summed E-state index contributed by atoms with van der Waals surface area (Å²) in [6.07, 6.45) is 3.54. The van der Waals surface area contributed by atoms with Crippen LogP contribution in [-0.4, -0.2) is 19.6 Å². The van der Waals surface area contributed by atoms with Gasteiger partial charge >= 0.3 is 0 Å². The maximum absolute atomic E-state index is 15.0. The van der Waals surface area contributed by atoms with Crippen LogP contribution in [0.15, 0.2) is 126 Å². The highest BCUT2D eigenvalue weighted by Gasteiger charge is 2.39. The highest BCUT2D eigenvalue weighted by molar-refractivity contribution is 7.93. The largest absolute Gasteiger partial charge is 0.313 e. The molecule has 5 aromatic rings. The summed E-state index contributed by atoms with van der Waals surface area (Å²) in [6, 6.07) is 33.2. The molecule has 0 amide bonds. The van der Waals surface area contributed by atoms with E-state index in [4.69, 9.17) is 0 Å². The van der Waals surface area contributed by atoms with Gasteiger partial charge in [-0.15, -0.1) is 0 Å². The van der Waals surface area contributed by atoms with Crippen LogP contribution in [0.4, 0.5) is 5.69 Å². The van der Waals surface area contributed by atoms with E-state index in [0.717, 1.165) is 10.9 Å². The Morgan fingerprint density at radius 3 is 2.13 bits per heavy atom. The van der Waals surface area contributed by atoms with Crippen LogP contribution in [0, 0.1) is 6.92 Å². The van der Waals surface area contributed by atoms with Crippen LogP contribution < -0.4 is 14.9 Å². The minimum absolute atomic E-state index is 0.0247. The van der Waals surface area contributed by atoms with E-state index in [1.165, 1.54) is 4.31 Å². The summed E-state index contributed by atoms with van der Waals surface area (Å²) < 4.78 is 45.0. The molecule has 38 heavy (non-hydrogen) atoms. The number of rotatable bonds is 5. The molecule has 0 atom stereocenters. The molecule has 0 saturated carbocycles. The second-order valence-corrected chi connectivity index (χ2v) is 14.0. The number of para-hydroxylation sites is 1. The lowest BCUT2D eigenvalue weighted by molar-refractivity contribution is 0.587. The maximum atomic E-state index is 15.0. The summed E-state index contributed by atoms with van der Waals surface area (Å²) in [7, 11) is -7.31. The third kappa shape index (κ3) is 4.07. The molecule has 7 heteroatoms. The molecule has 0 bridgehead atoms. The van der Waals surface area contributed by atoms with Gasteiger partial charge in [0.2, 0.25) is 0 Å². The van der Waals surface area contributed by atoms with Crippen molar-refractivity contribution >= 4 is 50.4 Å². The normalized spacial score (nSPS) is 14.7. The highest BCUT2D eigenvalue weighted by atomic mass is 32.2.